The van der Waals surface area contributed by atoms with Crippen molar-refractivity contribution in [3.05, 3.63) is 0 Å². The smallest absolute Gasteiger partial charge is 0.0580 e. The normalized spacial score (nSPS) is 37.2. The van der Waals surface area contributed by atoms with Gasteiger partial charge in [0.25, 0.3) is 0 Å². The average molecular weight is 211 g/mol. The summed E-state index contributed by atoms with van der Waals surface area (Å²) in [4.78, 5) is 2.43. The van der Waals surface area contributed by atoms with Crippen LogP contribution in [0.4, 0.5) is 0 Å². The van der Waals surface area contributed by atoms with Gasteiger partial charge in [-0.25, -0.2) is 0 Å². The molecule has 0 amide bonds. The van der Waals surface area contributed by atoms with Crippen LogP contribution in [0.5, 0.6) is 0 Å². The zero-order valence-corrected chi connectivity index (χ0v) is 10.2. The molecular formula is C13H25NO. The van der Waals surface area contributed by atoms with Crippen molar-refractivity contribution >= 4 is 0 Å². The number of rotatable bonds is 4. The van der Waals surface area contributed by atoms with Crippen molar-refractivity contribution in [3.8, 4) is 0 Å². The van der Waals surface area contributed by atoms with E-state index in [4.69, 9.17) is 0 Å². The summed E-state index contributed by atoms with van der Waals surface area (Å²) in [5.41, 5.74) is 0. The molecule has 0 aromatic rings. The van der Waals surface area contributed by atoms with Crippen molar-refractivity contribution in [1.29, 1.82) is 0 Å². The van der Waals surface area contributed by atoms with E-state index < -0.39 is 0 Å². The van der Waals surface area contributed by atoms with Crippen LogP contribution in [0.1, 0.15) is 39.0 Å². The first-order chi connectivity index (χ1) is 7.15. The van der Waals surface area contributed by atoms with E-state index in [1.165, 1.54) is 32.2 Å². The standard InChI is InChI=1S/C13H25NO/c1-10-3-6-13(15)12(7-10)9-14(2)8-11-4-5-11/h10-13,15H,3-9H2,1-2H3. The Balaban J connectivity index is 1.75. The van der Waals surface area contributed by atoms with Gasteiger partial charge in [-0.3, -0.25) is 0 Å². The van der Waals surface area contributed by atoms with Crippen molar-refractivity contribution in [2.45, 2.75) is 45.1 Å². The van der Waals surface area contributed by atoms with Gasteiger partial charge in [0, 0.05) is 13.1 Å². The third-order valence-electron chi connectivity index (χ3n) is 4.02. The molecule has 2 aliphatic rings. The SMILES string of the molecule is CC1CCC(O)C(CN(C)CC2CC2)C1. The fourth-order valence-electron chi connectivity index (χ4n) is 2.90. The maximum absolute atomic E-state index is 9.96. The Morgan fingerprint density at radius 3 is 2.53 bits per heavy atom. The van der Waals surface area contributed by atoms with E-state index >= 15 is 0 Å². The van der Waals surface area contributed by atoms with Crippen LogP contribution in [-0.2, 0) is 0 Å². The molecule has 2 saturated carbocycles. The van der Waals surface area contributed by atoms with E-state index in [2.05, 4.69) is 18.9 Å². The Bertz CT molecular complexity index is 203. The first kappa shape index (κ1) is 11.4. The molecule has 0 spiro atoms. The van der Waals surface area contributed by atoms with Crippen molar-refractivity contribution in [3.63, 3.8) is 0 Å². The summed E-state index contributed by atoms with van der Waals surface area (Å²) >= 11 is 0. The molecule has 0 heterocycles. The first-order valence-corrected chi connectivity index (χ1v) is 6.51. The molecule has 0 saturated heterocycles. The maximum Gasteiger partial charge on any atom is 0.0580 e. The van der Waals surface area contributed by atoms with Gasteiger partial charge in [-0.2, -0.15) is 0 Å². The van der Waals surface area contributed by atoms with Crippen molar-refractivity contribution in [2.24, 2.45) is 17.8 Å². The maximum atomic E-state index is 9.96. The van der Waals surface area contributed by atoms with E-state index in [1.54, 1.807) is 0 Å². The largest absolute Gasteiger partial charge is 0.393 e. The van der Waals surface area contributed by atoms with Gasteiger partial charge in [0.15, 0.2) is 0 Å². The van der Waals surface area contributed by atoms with Gasteiger partial charge in [-0.1, -0.05) is 6.92 Å². The summed E-state index contributed by atoms with van der Waals surface area (Å²) in [5, 5.41) is 9.96. The Morgan fingerprint density at radius 1 is 1.13 bits per heavy atom. The van der Waals surface area contributed by atoms with Gasteiger partial charge in [0.1, 0.15) is 0 Å². The second-order valence-electron chi connectivity index (χ2n) is 5.91. The van der Waals surface area contributed by atoms with Gasteiger partial charge in [-0.15, -0.1) is 0 Å². The predicted molar refractivity (Wildman–Crippen MR) is 62.7 cm³/mol. The fraction of sp³-hybridized carbons (Fsp3) is 1.00. The molecule has 2 aliphatic carbocycles. The molecule has 88 valence electrons. The van der Waals surface area contributed by atoms with Crippen LogP contribution in [0.3, 0.4) is 0 Å². The lowest BCUT2D eigenvalue weighted by atomic mass is 9.80. The van der Waals surface area contributed by atoms with Crippen molar-refractivity contribution in [1.82, 2.24) is 4.90 Å². The van der Waals surface area contributed by atoms with Crippen LogP contribution in [0.2, 0.25) is 0 Å². The molecule has 3 unspecified atom stereocenters. The van der Waals surface area contributed by atoms with E-state index in [-0.39, 0.29) is 6.10 Å². The quantitative estimate of drug-likeness (QED) is 0.770. The second-order valence-corrected chi connectivity index (χ2v) is 5.91. The topological polar surface area (TPSA) is 23.5 Å². The van der Waals surface area contributed by atoms with Crippen molar-refractivity contribution < 1.29 is 5.11 Å². The fourth-order valence-corrected chi connectivity index (χ4v) is 2.90. The van der Waals surface area contributed by atoms with E-state index in [0.29, 0.717) is 5.92 Å². The van der Waals surface area contributed by atoms with Gasteiger partial charge in [-0.05, 0) is 56.9 Å². The summed E-state index contributed by atoms with van der Waals surface area (Å²) in [7, 11) is 2.21. The Kier molecular flexibility index (Phi) is 3.68. The molecule has 2 heteroatoms. The summed E-state index contributed by atoms with van der Waals surface area (Å²) in [6.07, 6.45) is 6.26. The minimum Gasteiger partial charge on any atom is -0.393 e. The highest BCUT2D eigenvalue weighted by molar-refractivity contribution is 4.82. The van der Waals surface area contributed by atoms with Crippen molar-refractivity contribution in [2.75, 3.05) is 20.1 Å². The zero-order chi connectivity index (χ0) is 10.8. The molecule has 1 N–H and O–H groups in total. The third-order valence-corrected chi connectivity index (χ3v) is 4.02. The van der Waals surface area contributed by atoms with Crippen LogP contribution < -0.4 is 0 Å². The molecule has 3 atom stereocenters. The van der Waals surface area contributed by atoms with Crippen LogP contribution in [0, 0.1) is 17.8 Å². The summed E-state index contributed by atoms with van der Waals surface area (Å²) in [5.74, 6) is 2.30. The lowest BCUT2D eigenvalue weighted by molar-refractivity contribution is 0.0343. The number of hydrogen-bond acceptors (Lipinski definition) is 2. The third kappa shape index (κ3) is 3.46. The Hall–Kier alpha value is -0.0800. The lowest BCUT2D eigenvalue weighted by Gasteiger charge is -2.34. The van der Waals surface area contributed by atoms with Crippen LogP contribution in [0.25, 0.3) is 0 Å². The lowest BCUT2D eigenvalue weighted by Crippen LogP contribution is -2.37. The first-order valence-electron chi connectivity index (χ1n) is 6.51. The van der Waals surface area contributed by atoms with Gasteiger partial charge in [0.05, 0.1) is 6.10 Å². The van der Waals surface area contributed by atoms with E-state index in [0.717, 1.165) is 24.8 Å². The predicted octanol–water partition coefficient (Wildman–Crippen LogP) is 2.13. The number of aliphatic hydroxyl groups is 1. The van der Waals surface area contributed by atoms with Crippen LogP contribution in [-0.4, -0.2) is 36.2 Å². The second kappa shape index (κ2) is 4.84. The number of aliphatic hydroxyl groups excluding tert-OH is 1. The van der Waals surface area contributed by atoms with Crippen LogP contribution >= 0.6 is 0 Å². The Labute approximate surface area is 93.7 Å². The minimum atomic E-state index is -0.0390. The van der Waals surface area contributed by atoms with Crippen LogP contribution in [0.15, 0.2) is 0 Å². The summed E-state index contributed by atoms with van der Waals surface area (Å²) < 4.78 is 0. The average Bonchev–Trinajstić information content (AvgIpc) is 2.95. The molecular weight excluding hydrogens is 186 g/mol. The molecule has 2 rings (SSSR count). The Morgan fingerprint density at radius 2 is 1.87 bits per heavy atom. The summed E-state index contributed by atoms with van der Waals surface area (Å²) in [6, 6.07) is 0. The molecule has 2 fully saturated rings. The monoisotopic (exact) mass is 211 g/mol. The minimum absolute atomic E-state index is 0.0390. The molecule has 0 aromatic heterocycles. The summed E-state index contributed by atoms with van der Waals surface area (Å²) in [6.45, 7) is 4.67. The highest BCUT2D eigenvalue weighted by Gasteiger charge is 2.29. The molecule has 2 nitrogen and oxygen atoms in total. The molecule has 0 radical (unpaired) electrons. The molecule has 0 aromatic carbocycles. The highest BCUT2D eigenvalue weighted by atomic mass is 16.3. The van der Waals surface area contributed by atoms with Gasteiger partial charge < -0.3 is 10.0 Å². The number of nitrogens with zero attached hydrogens (tertiary/aromatic N) is 1. The van der Waals surface area contributed by atoms with E-state index in [9.17, 15) is 5.11 Å². The van der Waals surface area contributed by atoms with E-state index in [1.807, 2.05) is 0 Å². The zero-order valence-electron chi connectivity index (χ0n) is 10.2. The molecule has 15 heavy (non-hydrogen) atoms. The van der Waals surface area contributed by atoms with Gasteiger partial charge >= 0.3 is 0 Å². The number of hydrogen-bond donors (Lipinski definition) is 1. The van der Waals surface area contributed by atoms with Gasteiger partial charge in [0.2, 0.25) is 0 Å². The highest BCUT2D eigenvalue weighted by Crippen LogP contribution is 2.32. The molecule has 0 bridgehead atoms. The molecule has 0 aliphatic heterocycles.